The number of amides is 2. The molecule has 0 radical (unpaired) electrons. The van der Waals surface area contributed by atoms with E-state index >= 15 is 0 Å². The van der Waals surface area contributed by atoms with Crippen LogP contribution in [-0.2, 0) is 29.1 Å². The highest BCUT2D eigenvalue weighted by Gasteiger charge is 2.29. The van der Waals surface area contributed by atoms with Gasteiger partial charge in [0.15, 0.2) is 5.57 Å². The SMILES string of the molecule is CCn1c(=O)/c(=C\Nc2cccc(N(C)C(=O)CN3CCc4ccccc4C3)c2)s/c1=C(/C#N)C(=O)NCC(F)(F)F. The molecule has 1 aliphatic rings. The van der Waals surface area contributed by atoms with Gasteiger partial charge in [0.25, 0.3) is 11.5 Å². The average Bonchev–Trinajstić information content (AvgIpc) is 3.29. The molecule has 42 heavy (non-hydrogen) atoms. The fraction of sp³-hybridized carbons (Fsp3) is 0.310. The van der Waals surface area contributed by atoms with Gasteiger partial charge in [-0.05, 0) is 42.7 Å². The zero-order valence-corrected chi connectivity index (χ0v) is 23.8. The number of nitrogens with one attached hydrogen (secondary N) is 2. The Labute approximate surface area is 243 Å². The smallest absolute Gasteiger partial charge is 0.360 e. The van der Waals surface area contributed by atoms with Crippen LogP contribution in [0.4, 0.5) is 24.5 Å². The lowest BCUT2D eigenvalue weighted by Crippen LogP contribution is -2.40. The molecule has 2 amide bonds. The monoisotopic (exact) mass is 598 g/mol. The number of halogens is 3. The summed E-state index contributed by atoms with van der Waals surface area (Å²) in [5.41, 5.74) is 2.65. The van der Waals surface area contributed by atoms with Crippen LogP contribution in [0.15, 0.2) is 53.3 Å². The van der Waals surface area contributed by atoms with Crippen LogP contribution in [0.5, 0.6) is 0 Å². The topological polar surface area (TPSA) is 110 Å². The van der Waals surface area contributed by atoms with E-state index in [1.54, 1.807) is 54.5 Å². The third-order valence-electron chi connectivity index (χ3n) is 6.77. The summed E-state index contributed by atoms with van der Waals surface area (Å²) < 4.78 is 38.9. The number of nitrogens with zero attached hydrogens (tertiary/aromatic N) is 4. The van der Waals surface area contributed by atoms with Gasteiger partial charge in [0.1, 0.15) is 21.8 Å². The lowest BCUT2D eigenvalue weighted by Gasteiger charge is -2.29. The third kappa shape index (κ3) is 7.26. The number of alkyl halides is 3. The van der Waals surface area contributed by atoms with Gasteiger partial charge < -0.3 is 15.5 Å². The Hall–Kier alpha value is -4.41. The van der Waals surface area contributed by atoms with Crippen molar-refractivity contribution >= 4 is 46.3 Å². The fourth-order valence-corrected chi connectivity index (χ4v) is 5.63. The Morgan fingerprint density at radius 1 is 1.17 bits per heavy atom. The predicted octanol–water partition coefficient (Wildman–Crippen LogP) is 2.15. The zero-order valence-electron chi connectivity index (χ0n) is 23.0. The summed E-state index contributed by atoms with van der Waals surface area (Å²) in [7, 11) is 1.69. The molecule has 0 unspecified atom stereocenters. The van der Waals surface area contributed by atoms with E-state index in [0.717, 1.165) is 28.9 Å². The quantitative estimate of drug-likeness (QED) is 0.412. The van der Waals surface area contributed by atoms with Crippen LogP contribution in [0.2, 0.25) is 0 Å². The van der Waals surface area contributed by atoms with Crippen LogP contribution < -0.4 is 30.3 Å². The van der Waals surface area contributed by atoms with Crippen LogP contribution in [0.25, 0.3) is 11.8 Å². The second-order valence-electron chi connectivity index (χ2n) is 9.63. The number of anilines is 2. The Bertz CT molecular complexity index is 1710. The maximum atomic E-state index is 13.1. The number of rotatable bonds is 8. The molecule has 0 aliphatic carbocycles. The van der Waals surface area contributed by atoms with Gasteiger partial charge in [-0.15, -0.1) is 11.3 Å². The van der Waals surface area contributed by atoms with E-state index in [0.29, 0.717) is 17.9 Å². The van der Waals surface area contributed by atoms with Crippen molar-refractivity contribution in [3.8, 4) is 6.07 Å². The standard InChI is InChI=1S/C29H29F3N6O3S/c1-3-38-27(41)24(42-28(38)23(14-33)26(40)35-18-29(30,31)32)15-34-21-9-6-10-22(13-21)36(2)25(39)17-37-12-11-19-7-4-5-8-20(19)16-37/h4-10,13,15,34H,3,11-12,16-18H2,1-2H3,(H,35,40)/b24-15+,28-23-. The number of nitriles is 1. The maximum absolute atomic E-state index is 13.1. The first kappa shape index (κ1) is 30.5. The van der Waals surface area contributed by atoms with Crippen molar-refractivity contribution in [3.63, 3.8) is 0 Å². The van der Waals surface area contributed by atoms with E-state index in [-0.39, 0.29) is 28.2 Å². The number of carbonyl (C=O) groups is 2. The number of carbonyl (C=O) groups excluding carboxylic acids is 2. The van der Waals surface area contributed by atoms with Crippen LogP contribution in [-0.4, -0.2) is 54.1 Å². The molecule has 13 heteroatoms. The van der Waals surface area contributed by atoms with Gasteiger partial charge in [0.2, 0.25) is 5.91 Å². The summed E-state index contributed by atoms with van der Waals surface area (Å²) in [6, 6.07) is 16.8. The molecule has 1 aliphatic heterocycles. The van der Waals surface area contributed by atoms with Crippen molar-refractivity contribution in [1.29, 1.82) is 5.26 Å². The molecule has 1 aromatic heterocycles. The van der Waals surface area contributed by atoms with Crippen molar-refractivity contribution in [1.82, 2.24) is 14.8 Å². The number of likely N-dealkylation sites (N-methyl/N-ethyl adjacent to an activating group) is 1. The molecular weight excluding hydrogens is 569 g/mol. The van der Waals surface area contributed by atoms with E-state index in [9.17, 15) is 32.8 Å². The number of hydrogen-bond donors (Lipinski definition) is 2. The van der Waals surface area contributed by atoms with Crippen molar-refractivity contribution < 1.29 is 22.8 Å². The van der Waals surface area contributed by atoms with Gasteiger partial charge in [-0.3, -0.25) is 23.9 Å². The Kier molecular flexibility index (Phi) is 9.49. The van der Waals surface area contributed by atoms with E-state index < -0.39 is 29.8 Å². The highest BCUT2D eigenvalue weighted by molar-refractivity contribution is 7.07. The molecular formula is C29H29F3N6O3S. The van der Waals surface area contributed by atoms with Gasteiger partial charge in [-0.1, -0.05) is 30.3 Å². The molecule has 220 valence electrons. The lowest BCUT2D eigenvalue weighted by molar-refractivity contribution is -0.135. The Morgan fingerprint density at radius 3 is 2.60 bits per heavy atom. The van der Waals surface area contributed by atoms with Crippen molar-refractivity contribution in [2.24, 2.45) is 0 Å². The molecule has 4 rings (SSSR count). The van der Waals surface area contributed by atoms with Crippen molar-refractivity contribution in [3.05, 3.63) is 79.2 Å². The van der Waals surface area contributed by atoms with Crippen molar-refractivity contribution in [2.45, 2.75) is 32.6 Å². The largest absolute Gasteiger partial charge is 0.405 e. The summed E-state index contributed by atoms with van der Waals surface area (Å²) in [6.07, 6.45) is -2.36. The summed E-state index contributed by atoms with van der Waals surface area (Å²) in [4.78, 5) is 42.0. The molecule has 3 aromatic rings. The summed E-state index contributed by atoms with van der Waals surface area (Å²) >= 11 is 0.815. The second-order valence-corrected chi connectivity index (χ2v) is 10.7. The first-order valence-corrected chi connectivity index (χ1v) is 13.9. The minimum atomic E-state index is -4.65. The summed E-state index contributed by atoms with van der Waals surface area (Å²) in [6.45, 7) is 1.88. The second kappa shape index (κ2) is 13.1. The molecule has 2 N–H and O–H groups in total. The molecule has 0 atom stereocenters. The lowest BCUT2D eigenvalue weighted by atomic mass is 10.00. The highest BCUT2D eigenvalue weighted by Crippen LogP contribution is 2.21. The molecule has 9 nitrogen and oxygen atoms in total. The van der Waals surface area contributed by atoms with E-state index in [4.69, 9.17) is 0 Å². The molecule has 2 aromatic carbocycles. The van der Waals surface area contributed by atoms with Gasteiger partial charge in [0.05, 0.1) is 6.54 Å². The number of thiazole rings is 1. The Balaban J connectivity index is 1.51. The number of aromatic nitrogens is 1. The summed E-state index contributed by atoms with van der Waals surface area (Å²) in [5.74, 6) is -1.29. The van der Waals surface area contributed by atoms with Crippen LogP contribution in [0.1, 0.15) is 18.1 Å². The highest BCUT2D eigenvalue weighted by atomic mass is 32.1. The first-order chi connectivity index (χ1) is 20.0. The van der Waals surface area contributed by atoms with E-state index in [1.807, 2.05) is 12.1 Å². The van der Waals surface area contributed by atoms with Crippen LogP contribution in [0, 0.1) is 11.3 Å². The Morgan fingerprint density at radius 2 is 1.90 bits per heavy atom. The minimum absolute atomic E-state index is 0.0443. The van der Waals surface area contributed by atoms with Crippen LogP contribution in [0.3, 0.4) is 0 Å². The normalized spacial score (nSPS) is 14.5. The van der Waals surface area contributed by atoms with E-state index in [1.165, 1.54) is 17.3 Å². The number of fused-ring (bicyclic) bond motifs is 1. The fourth-order valence-electron chi connectivity index (χ4n) is 4.54. The predicted molar refractivity (Wildman–Crippen MR) is 155 cm³/mol. The molecule has 0 saturated heterocycles. The molecule has 0 spiro atoms. The molecule has 2 heterocycles. The number of hydrogen-bond acceptors (Lipinski definition) is 7. The number of benzene rings is 2. The van der Waals surface area contributed by atoms with Crippen LogP contribution >= 0.6 is 11.3 Å². The third-order valence-corrected chi connectivity index (χ3v) is 7.90. The van der Waals surface area contributed by atoms with E-state index in [2.05, 4.69) is 22.3 Å². The first-order valence-electron chi connectivity index (χ1n) is 13.1. The van der Waals surface area contributed by atoms with Gasteiger partial charge >= 0.3 is 6.18 Å². The zero-order chi connectivity index (χ0) is 30.4. The average molecular weight is 599 g/mol. The molecule has 0 saturated carbocycles. The maximum Gasteiger partial charge on any atom is 0.405 e. The van der Waals surface area contributed by atoms with Gasteiger partial charge in [-0.25, -0.2) is 0 Å². The van der Waals surface area contributed by atoms with Gasteiger partial charge in [-0.2, -0.15) is 18.4 Å². The van der Waals surface area contributed by atoms with Gasteiger partial charge in [0, 0.05) is 44.3 Å². The molecule has 0 fully saturated rings. The minimum Gasteiger partial charge on any atom is -0.360 e. The molecule has 0 bridgehead atoms. The summed E-state index contributed by atoms with van der Waals surface area (Å²) in [5, 5.41) is 14.2. The van der Waals surface area contributed by atoms with Crippen molar-refractivity contribution in [2.75, 3.05) is 36.9 Å².